The average molecular weight is 365 g/mol. The highest BCUT2D eigenvalue weighted by Gasteiger charge is 2.08. The standard InChI is InChI=1S/C15H11NOS2.BrH/c17-13(11-6-2-1-3-7-11)10-18-15-16-12-8-4-5-9-14(12)19-15;/h1-9H,10H2;1H/p-1. The Morgan fingerprint density at radius 1 is 1.05 bits per heavy atom. The van der Waals surface area contributed by atoms with Gasteiger partial charge in [0, 0.05) is 5.56 Å². The van der Waals surface area contributed by atoms with Crippen molar-refractivity contribution in [1.29, 1.82) is 0 Å². The van der Waals surface area contributed by atoms with Crippen molar-refractivity contribution in [1.82, 2.24) is 4.98 Å². The minimum absolute atomic E-state index is 0. The SMILES string of the molecule is O=C(CSc1nc2ccccc2s1)c1ccccc1.[Br-]. The molecule has 0 fully saturated rings. The molecule has 0 amide bonds. The van der Waals surface area contributed by atoms with Gasteiger partial charge in [-0.2, -0.15) is 0 Å². The van der Waals surface area contributed by atoms with E-state index in [0.29, 0.717) is 5.75 Å². The second-order valence-corrected chi connectivity index (χ2v) is 6.28. The number of para-hydroxylation sites is 1. The Balaban J connectivity index is 0.00000147. The summed E-state index contributed by atoms with van der Waals surface area (Å²) in [6.45, 7) is 0. The van der Waals surface area contributed by atoms with Crippen molar-refractivity contribution in [2.75, 3.05) is 5.75 Å². The van der Waals surface area contributed by atoms with E-state index in [0.717, 1.165) is 20.1 Å². The van der Waals surface area contributed by atoms with Gasteiger partial charge >= 0.3 is 0 Å². The molecule has 1 heterocycles. The van der Waals surface area contributed by atoms with E-state index in [4.69, 9.17) is 0 Å². The fraction of sp³-hybridized carbons (Fsp3) is 0.0667. The predicted molar refractivity (Wildman–Crippen MR) is 81.1 cm³/mol. The number of benzene rings is 2. The lowest BCUT2D eigenvalue weighted by Crippen LogP contribution is -3.00. The zero-order chi connectivity index (χ0) is 13.1. The molecule has 0 aliphatic carbocycles. The molecule has 0 bridgehead atoms. The number of rotatable bonds is 4. The molecule has 0 atom stereocenters. The van der Waals surface area contributed by atoms with Crippen LogP contribution < -0.4 is 17.0 Å². The first-order valence-corrected chi connectivity index (χ1v) is 7.70. The van der Waals surface area contributed by atoms with Gasteiger partial charge in [-0.25, -0.2) is 4.98 Å². The third kappa shape index (κ3) is 3.48. The smallest absolute Gasteiger partial charge is 0.173 e. The fourth-order valence-electron chi connectivity index (χ4n) is 1.75. The van der Waals surface area contributed by atoms with Gasteiger partial charge in [0.2, 0.25) is 0 Å². The van der Waals surface area contributed by atoms with E-state index in [1.165, 1.54) is 11.8 Å². The molecule has 0 unspecified atom stereocenters. The first-order valence-electron chi connectivity index (χ1n) is 5.89. The lowest BCUT2D eigenvalue weighted by atomic mass is 10.2. The lowest BCUT2D eigenvalue weighted by molar-refractivity contribution is -0.0000114. The van der Waals surface area contributed by atoms with E-state index >= 15 is 0 Å². The molecule has 0 aliphatic heterocycles. The monoisotopic (exact) mass is 364 g/mol. The van der Waals surface area contributed by atoms with Crippen molar-refractivity contribution in [2.45, 2.75) is 4.34 Å². The number of halogens is 1. The van der Waals surface area contributed by atoms with Crippen LogP contribution in [0.25, 0.3) is 10.2 Å². The summed E-state index contributed by atoms with van der Waals surface area (Å²) in [6, 6.07) is 17.4. The molecule has 0 spiro atoms. The van der Waals surface area contributed by atoms with E-state index in [9.17, 15) is 4.79 Å². The second kappa shape index (κ2) is 7.02. The van der Waals surface area contributed by atoms with Gasteiger partial charge in [0.15, 0.2) is 10.1 Å². The number of fused-ring (bicyclic) bond motifs is 1. The summed E-state index contributed by atoms with van der Waals surface area (Å²) < 4.78 is 2.11. The molecule has 3 rings (SSSR count). The van der Waals surface area contributed by atoms with Crippen LogP contribution in [0.1, 0.15) is 10.4 Å². The summed E-state index contributed by atoms with van der Waals surface area (Å²) in [5.41, 5.74) is 1.76. The number of hydrogen-bond donors (Lipinski definition) is 0. The Hall–Kier alpha value is -1.17. The number of ketones is 1. The van der Waals surface area contributed by atoms with E-state index in [2.05, 4.69) is 11.1 Å². The first kappa shape index (κ1) is 15.2. The van der Waals surface area contributed by atoms with Gasteiger partial charge in [-0.3, -0.25) is 4.79 Å². The summed E-state index contributed by atoms with van der Waals surface area (Å²) in [4.78, 5) is 16.5. The Morgan fingerprint density at radius 2 is 1.75 bits per heavy atom. The van der Waals surface area contributed by atoms with Crippen molar-refractivity contribution in [3.8, 4) is 0 Å². The number of thioether (sulfide) groups is 1. The second-order valence-electron chi connectivity index (χ2n) is 4.03. The highest BCUT2D eigenvalue weighted by molar-refractivity contribution is 8.01. The van der Waals surface area contributed by atoms with Gasteiger partial charge in [-0.15, -0.1) is 11.3 Å². The molecule has 0 saturated heterocycles. The highest BCUT2D eigenvalue weighted by atomic mass is 79.9. The number of carbonyl (C=O) groups is 1. The average Bonchev–Trinajstić information content (AvgIpc) is 2.88. The Labute approximate surface area is 136 Å². The molecule has 0 aliphatic rings. The van der Waals surface area contributed by atoms with E-state index in [1.807, 2.05) is 48.5 Å². The maximum absolute atomic E-state index is 12.0. The Morgan fingerprint density at radius 3 is 2.50 bits per heavy atom. The predicted octanol–water partition coefficient (Wildman–Crippen LogP) is 1.28. The van der Waals surface area contributed by atoms with Gasteiger partial charge in [-0.05, 0) is 12.1 Å². The van der Waals surface area contributed by atoms with Crippen molar-refractivity contribution < 1.29 is 21.8 Å². The van der Waals surface area contributed by atoms with Crippen LogP contribution in [0.4, 0.5) is 0 Å². The van der Waals surface area contributed by atoms with Gasteiger partial charge in [0.05, 0.1) is 16.0 Å². The van der Waals surface area contributed by atoms with E-state index in [1.54, 1.807) is 11.3 Å². The van der Waals surface area contributed by atoms with Crippen LogP contribution >= 0.6 is 23.1 Å². The van der Waals surface area contributed by atoms with Gasteiger partial charge < -0.3 is 17.0 Å². The van der Waals surface area contributed by atoms with Crippen LogP contribution in [-0.2, 0) is 0 Å². The maximum Gasteiger partial charge on any atom is 0.173 e. The summed E-state index contributed by atoms with van der Waals surface area (Å²) in [6.07, 6.45) is 0. The largest absolute Gasteiger partial charge is 1.00 e. The summed E-state index contributed by atoms with van der Waals surface area (Å²) in [5.74, 6) is 0.578. The topological polar surface area (TPSA) is 30.0 Å². The van der Waals surface area contributed by atoms with Gasteiger partial charge in [0.1, 0.15) is 0 Å². The zero-order valence-electron chi connectivity index (χ0n) is 10.5. The molecule has 3 aromatic rings. The molecule has 0 N–H and O–H groups in total. The van der Waals surface area contributed by atoms with Crippen molar-refractivity contribution >= 4 is 39.1 Å². The summed E-state index contributed by atoms with van der Waals surface area (Å²) >= 11 is 3.14. The number of carbonyl (C=O) groups excluding carboxylic acids is 1. The summed E-state index contributed by atoms with van der Waals surface area (Å²) in [7, 11) is 0. The Bertz CT molecular complexity index is 679. The molecule has 1 aromatic heterocycles. The van der Waals surface area contributed by atoms with E-state index in [-0.39, 0.29) is 22.8 Å². The van der Waals surface area contributed by atoms with Gasteiger partial charge in [0.25, 0.3) is 0 Å². The van der Waals surface area contributed by atoms with Crippen LogP contribution in [-0.4, -0.2) is 16.5 Å². The third-order valence-electron chi connectivity index (χ3n) is 2.70. The normalized spacial score (nSPS) is 10.2. The maximum atomic E-state index is 12.0. The number of Topliss-reactive ketones (excluding diaryl/α,β-unsaturated/α-hetero) is 1. The van der Waals surface area contributed by atoms with Crippen molar-refractivity contribution in [2.24, 2.45) is 0 Å². The summed E-state index contributed by atoms with van der Waals surface area (Å²) in [5, 5.41) is 0. The highest BCUT2D eigenvalue weighted by Crippen LogP contribution is 2.29. The fourth-order valence-corrected chi connectivity index (χ4v) is 3.71. The Kier molecular flexibility index (Phi) is 5.34. The number of nitrogens with zero attached hydrogens (tertiary/aromatic N) is 1. The van der Waals surface area contributed by atoms with Crippen LogP contribution in [0.15, 0.2) is 58.9 Å². The molecule has 20 heavy (non-hydrogen) atoms. The van der Waals surface area contributed by atoms with Crippen LogP contribution in [0.2, 0.25) is 0 Å². The molecular weight excluding hydrogens is 354 g/mol. The number of thiazole rings is 1. The molecule has 0 saturated carbocycles. The first-order chi connectivity index (χ1) is 9.33. The molecule has 0 radical (unpaired) electrons. The molecule has 5 heteroatoms. The van der Waals surface area contributed by atoms with Crippen molar-refractivity contribution in [3.05, 3.63) is 60.2 Å². The van der Waals surface area contributed by atoms with Crippen molar-refractivity contribution in [3.63, 3.8) is 0 Å². The van der Waals surface area contributed by atoms with Crippen LogP contribution in [0, 0.1) is 0 Å². The lowest BCUT2D eigenvalue weighted by Gasteiger charge is -1.98. The minimum Gasteiger partial charge on any atom is -1.00 e. The third-order valence-corrected chi connectivity index (χ3v) is 4.88. The number of hydrogen-bond acceptors (Lipinski definition) is 4. The quantitative estimate of drug-likeness (QED) is 0.515. The molecule has 2 aromatic carbocycles. The molecular formula is C15H11BrNOS2-. The van der Waals surface area contributed by atoms with Crippen LogP contribution in [0.5, 0.6) is 0 Å². The molecule has 2 nitrogen and oxygen atoms in total. The van der Waals surface area contributed by atoms with Crippen LogP contribution in [0.3, 0.4) is 0 Å². The van der Waals surface area contributed by atoms with Gasteiger partial charge in [-0.1, -0.05) is 54.2 Å². The zero-order valence-corrected chi connectivity index (χ0v) is 13.7. The van der Waals surface area contributed by atoms with E-state index < -0.39 is 0 Å². The number of aromatic nitrogens is 1. The minimum atomic E-state index is 0. The molecule has 102 valence electrons.